The molecule has 148 valence electrons. The molecule has 0 radical (unpaired) electrons. The highest BCUT2D eigenvalue weighted by Crippen LogP contribution is 2.37. The first-order chi connectivity index (χ1) is 14.4. The molecule has 4 aromatic heterocycles. The normalized spacial score (nSPS) is 12.0. The van der Waals surface area contributed by atoms with Gasteiger partial charge in [0.25, 0.3) is 0 Å². The van der Waals surface area contributed by atoms with Crippen LogP contribution >= 0.6 is 0 Å². The van der Waals surface area contributed by atoms with Crippen molar-refractivity contribution in [3.8, 4) is 22.4 Å². The number of aromatic amines is 1. The number of pyridine rings is 3. The number of nitrogens with one attached hydrogen (secondary N) is 1. The van der Waals surface area contributed by atoms with Crippen LogP contribution in [0.25, 0.3) is 44.5 Å². The Hall–Kier alpha value is -3.74. The number of halogens is 3. The molecule has 0 aliphatic rings. The van der Waals surface area contributed by atoms with Gasteiger partial charge in [0.1, 0.15) is 5.65 Å². The van der Waals surface area contributed by atoms with E-state index in [2.05, 4.69) is 19.9 Å². The second kappa shape index (κ2) is 6.66. The SMILES string of the molecule is Cc1ccc(C(F)(F)F)cc1-c1cc(-c2c[nH]c3ncccc23)c2cccnc2n1. The predicted octanol–water partition coefficient (Wildman–Crippen LogP) is 6.17. The van der Waals surface area contributed by atoms with Crippen molar-refractivity contribution in [2.45, 2.75) is 13.1 Å². The van der Waals surface area contributed by atoms with E-state index in [-0.39, 0.29) is 0 Å². The van der Waals surface area contributed by atoms with Crippen LogP contribution in [0.5, 0.6) is 0 Å². The summed E-state index contributed by atoms with van der Waals surface area (Å²) < 4.78 is 39.9. The quantitative estimate of drug-likeness (QED) is 0.383. The van der Waals surface area contributed by atoms with Gasteiger partial charge in [0.05, 0.1) is 11.3 Å². The van der Waals surface area contributed by atoms with Crippen molar-refractivity contribution in [1.82, 2.24) is 19.9 Å². The molecule has 5 aromatic rings. The minimum atomic E-state index is -4.43. The summed E-state index contributed by atoms with van der Waals surface area (Å²) in [6, 6.07) is 13.0. The van der Waals surface area contributed by atoms with E-state index in [9.17, 15) is 13.2 Å². The fraction of sp³-hybridized carbons (Fsp3) is 0.0870. The molecule has 7 heteroatoms. The maximum atomic E-state index is 13.3. The number of nitrogens with zero attached hydrogens (tertiary/aromatic N) is 3. The first-order valence-electron chi connectivity index (χ1n) is 9.28. The van der Waals surface area contributed by atoms with Gasteiger partial charge in [0, 0.05) is 40.5 Å². The fourth-order valence-electron chi connectivity index (χ4n) is 3.67. The minimum Gasteiger partial charge on any atom is -0.346 e. The number of aromatic nitrogens is 4. The molecule has 0 unspecified atom stereocenters. The zero-order valence-electron chi connectivity index (χ0n) is 15.8. The molecule has 0 saturated carbocycles. The summed E-state index contributed by atoms with van der Waals surface area (Å²) in [5.74, 6) is 0. The molecule has 4 nitrogen and oxygen atoms in total. The van der Waals surface area contributed by atoms with Crippen molar-refractivity contribution in [3.63, 3.8) is 0 Å². The highest BCUT2D eigenvalue weighted by atomic mass is 19.4. The summed E-state index contributed by atoms with van der Waals surface area (Å²) in [5.41, 5.74) is 3.80. The average molecular weight is 404 g/mol. The zero-order chi connectivity index (χ0) is 20.9. The summed E-state index contributed by atoms with van der Waals surface area (Å²) in [7, 11) is 0. The number of rotatable bonds is 2. The van der Waals surface area contributed by atoms with E-state index < -0.39 is 11.7 Å². The highest BCUT2D eigenvalue weighted by Gasteiger charge is 2.31. The standard InChI is InChI=1S/C23H15F3N4/c1-13-6-7-14(23(24,25)26)10-17(13)20-11-18(15-4-2-9-28-22(15)30-20)19-12-29-21-16(19)5-3-8-27-21/h2-12H,1H3,(H,27,29). The topological polar surface area (TPSA) is 54.5 Å². The van der Waals surface area contributed by atoms with Crippen molar-refractivity contribution in [2.24, 2.45) is 0 Å². The molecule has 1 aromatic carbocycles. The van der Waals surface area contributed by atoms with Gasteiger partial charge in [0.2, 0.25) is 0 Å². The van der Waals surface area contributed by atoms with Crippen LogP contribution in [0.3, 0.4) is 0 Å². The van der Waals surface area contributed by atoms with Crippen LogP contribution < -0.4 is 0 Å². The number of benzene rings is 1. The van der Waals surface area contributed by atoms with E-state index in [1.807, 2.05) is 36.5 Å². The summed E-state index contributed by atoms with van der Waals surface area (Å²) in [5, 5.41) is 1.73. The minimum absolute atomic E-state index is 0.427. The van der Waals surface area contributed by atoms with Gasteiger partial charge < -0.3 is 4.98 Å². The molecule has 0 bridgehead atoms. The van der Waals surface area contributed by atoms with E-state index in [1.54, 1.807) is 19.3 Å². The van der Waals surface area contributed by atoms with Crippen molar-refractivity contribution in [2.75, 3.05) is 0 Å². The average Bonchev–Trinajstić information content (AvgIpc) is 3.16. The summed E-state index contributed by atoms with van der Waals surface area (Å²) in [6.07, 6.45) is 0.746. The number of aryl methyl sites for hydroxylation is 1. The van der Waals surface area contributed by atoms with Crippen LogP contribution in [-0.4, -0.2) is 19.9 Å². The maximum Gasteiger partial charge on any atom is 0.416 e. The van der Waals surface area contributed by atoms with Crippen molar-refractivity contribution in [1.29, 1.82) is 0 Å². The molecule has 1 N–H and O–H groups in total. The van der Waals surface area contributed by atoms with Gasteiger partial charge in [-0.15, -0.1) is 0 Å². The number of hydrogen-bond acceptors (Lipinski definition) is 3. The summed E-state index contributed by atoms with van der Waals surface area (Å²) in [6.45, 7) is 1.77. The Labute approximate surface area is 169 Å². The third-order valence-corrected chi connectivity index (χ3v) is 5.17. The molecule has 0 amide bonds. The lowest BCUT2D eigenvalue weighted by molar-refractivity contribution is -0.137. The molecule has 0 aliphatic carbocycles. The molecule has 30 heavy (non-hydrogen) atoms. The first-order valence-corrected chi connectivity index (χ1v) is 9.28. The zero-order valence-corrected chi connectivity index (χ0v) is 15.8. The molecule has 5 rings (SSSR count). The van der Waals surface area contributed by atoms with Gasteiger partial charge in [-0.2, -0.15) is 13.2 Å². The van der Waals surface area contributed by atoms with Crippen LogP contribution in [0.15, 0.2) is 67.1 Å². The van der Waals surface area contributed by atoms with Crippen LogP contribution in [0, 0.1) is 6.92 Å². The Balaban J connectivity index is 1.81. The number of hydrogen-bond donors (Lipinski definition) is 1. The molecular formula is C23H15F3N4. The van der Waals surface area contributed by atoms with Crippen molar-refractivity contribution < 1.29 is 13.2 Å². The third-order valence-electron chi connectivity index (χ3n) is 5.17. The lowest BCUT2D eigenvalue weighted by Gasteiger charge is -2.13. The predicted molar refractivity (Wildman–Crippen MR) is 110 cm³/mol. The van der Waals surface area contributed by atoms with Crippen molar-refractivity contribution >= 4 is 22.1 Å². The molecular weight excluding hydrogens is 389 g/mol. The molecule has 4 heterocycles. The maximum absolute atomic E-state index is 13.3. The smallest absolute Gasteiger partial charge is 0.346 e. The van der Waals surface area contributed by atoms with Crippen LogP contribution in [0.2, 0.25) is 0 Å². The Kier molecular flexibility index (Phi) is 4.06. The Morgan fingerprint density at radius 2 is 1.60 bits per heavy atom. The number of alkyl halides is 3. The van der Waals surface area contributed by atoms with Gasteiger partial charge >= 0.3 is 6.18 Å². The van der Waals surface area contributed by atoms with Gasteiger partial charge in [0.15, 0.2) is 5.65 Å². The monoisotopic (exact) mass is 404 g/mol. The first kappa shape index (κ1) is 18.3. The lowest BCUT2D eigenvalue weighted by Crippen LogP contribution is -2.05. The van der Waals surface area contributed by atoms with Gasteiger partial charge in [-0.05, 0) is 60.5 Å². The number of H-pyrrole nitrogens is 1. The Morgan fingerprint density at radius 1 is 0.833 bits per heavy atom. The third kappa shape index (κ3) is 2.99. The summed E-state index contributed by atoms with van der Waals surface area (Å²) >= 11 is 0. The van der Waals surface area contributed by atoms with Gasteiger partial charge in [-0.25, -0.2) is 15.0 Å². The summed E-state index contributed by atoms with van der Waals surface area (Å²) in [4.78, 5) is 16.4. The van der Waals surface area contributed by atoms with Gasteiger partial charge in [-0.1, -0.05) is 6.07 Å². The lowest BCUT2D eigenvalue weighted by atomic mass is 9.97. The van der Waals surface area contributed by atoms with E-state index in [4.69, 9.17) is 0 Å². The Morgan fingerprint density at radius 3 is 2.40 bits per heavy atom. The molecule has 0 spiro atoms. The second-order valence-corrected chi connectivity index (χ2v) is 7.06. The van der Waals surface area contributed by atoms with E-state index in [0.717, 1.165) is 39.7 Å². The van der Waals surface area contributed by atoms with E-state index >= 15 is 0 Å². The van der Waals surface area contributed by atoms with Crippen LogP contribution in [0.4, 0.5) is 13.2 Å². The molecule has 0 fully saturated rings. The van der Waals surface area contributed by atoms with E-state index in [0.29, 0.717) is 22.5 Å². The number of fused-ring (bicyclic) bond motifs is 2. The van der Waals surface area contributed by atoms with Crippen molar-refractivity contribution in [3.05, 3.63) is 78.2 Å². The molecule has 0 saturated heterocycles. The van der Waals surface area contributed by atoms with Crippen LogP contribution in [0.1, 0.15) is 11.1 Å². The largest absolute Gasteiger partial charge is 0.416 e. The fourth-order valence-corrected chi connectivity index (χ4v) is 3.67. The highest BCUT2D eigenvalue weighted by molar-refractivity contribution is 6.03. The molecule has 0 aliphatic heterocycles. The van der Waals surface area contributed by atoms with Gasteiger partial charge in [-0.3, -0.25) is 0 Å². The van der Waals surface area contributed by atoms with Crippen LogP contribution in [-0.2, 0) is 6.18 Å². The van der Waals surface area contributed by atoms with E-state index in [1.165, 1.54) is 6.07 Å². The molecule has 0 atom stereocenters. The Bertz CT molecular complexity index is 1400. The second-order valence-electron chi connectivity index (χ2n) is 7.06.